The van der Waals surface area contributed by atoms with E-state index in [9.17, 15) is 4.79 Å². The molecule has 0 saturated heterocycles. The number of carbonyl (C=O) groups is 1. The Labute approximate surface area is 87.3 Å². The van der Waals surface area contributed by atoms with Gasteiger partial charge in [0.1, 0.15) is 0 Å². The van der Waals surface area contributed by atoms with Crippen LogP contribution in [0, 0.1) is 0 Å². The Morgan fingerprint density at radius 2 is 1.86 bits per heavy atom. The van der Waals surface area contributed by atoms with Gasteiger partial charge in [-0.3, -0.25) is 0 Å². The van der Waals surface area contributed by atoms with Gasteiger partial charge in [0.05, 0.1) is 11.3 Å². The van der Waals surface area contributed by atoms with Crippen LogP contribution < -0.4 is 0 Å². The molecule has 1 aromatic carbocycles. The molecular formula is C10H10ClNO2. The van der Waals surface area contributed by atoms with Crippen molar-refractivity contribution in [3.8, 4) is 0 Å². The Balaban J connectivity index is 2.70. The molecule has 0 unspecified atom stereocenters. The van der Waals surface area contributed by atoms with Crippen molar-refractivity contribution in [1.82, 2.24) is 0 Å². The van der Waals surface area contributed by atoms with Gasteiger partial charge in [-0.1, -0.05) is 16.8 Å². The molecule has 0 aromatic heterocycles. The molecule has 0 heterocycles. The lowest BCUT2D eigenvalue weighted by Gasteiger charge is -1.98. The Kier molecular flexibility index (Phi) is 3.65. The Bertz CT molecular complexity index is 353. The molecule has 0 atom stereocenters. The van der Waals surface area contributed by atoms with E-state index < -0.39 is 5.97 Å². The number of halogens is 1. The summed E-state index contributed by atoms with van der Waals surface area (Å²) in [6, 6.07) is 6.43. The third kappa shape index (κ3) is 3.18. The first-order chi connectivity index (χ1) is 6.59. The third-order valence-corrected chi connectivity index (χ3v) is 1.64. The van der Waals surface area contributed by atoms with E-state index in [1.54, 1.807) is 38.1 Å². The van der Waals surface area contributed by atoms with Crippen LogP contribution >= 0.6 is 11.6 Å². The van der Waals surface area contributed by atoms with E-state index in [1.165, 1.54) is 0 Å². The van der Waals surface area contributed by atoms with Crippen molar-refractivity contribution >= 4 is 23.3 Å². The van der Waals surface area contributed by atoms with Crippen LogP contribution in [-0.4, -0.2) is 11.7 Å². The van der Waals surface area contributed by atoms with E-state index in [4.69, 9.17) is 11.6 Å². The highest BCUT2D eigenvalue weighted by atomic mass is 35.5. The predicted molar refractivity (Wildman–Crippen MR) is 55.7 cm³/mol. The second kappa shape index (κ2) is 4.77. The molecule has 0 fully saturated rings. The van der Waals surface area contributed by atoms with Gasteiger partial charge in [-0.05, 0) is 38.1 Å². The van der Waals surface area contributed by atoms with Crippen LogP contribution in [0.2, 0.25) is 5.02 Å². The number of hydrogen-bond acceptors (Lipinski definition) is 3. The number of oxime groups is 1. The average Bonchev–Trinajstić information content (AvgIpc) is 2.15. The van der Waals surface area contributed by atoms with Crippen molar-refractivity contribution in [3.63, 3.8) is 0 Å². The second-order valence-corrected chi connectivity index (χ2v) is 3.36. The maximum atomic E-state index is 11.3. The van der Waals surface area contributed by atoms with E-state index in [0.29, 0.717) is 16.3 Å². The fourth-order valence-corrected chi connectivity index (χ4v) is 0.897. The predicted octanol–water partition coefficient (Wildman–Crippen LogP) is 2.89. The molecule has 0 spiro atoms. The monoisotopic (exact) mass is 211 g/mol. The number of nitrogens with zero attached hydrogens (tertiary/aromatic N) is 1. The zero-order valence-corrected chi connectivity index (χ0v) is 8.71. The van der Waals surface area contributed by atoms with Crippen molar-refractivity contribution < 1.29 is 9.63 Å². The van der Waals surface area contributed by atoms with Gasteiger partial charge in [0, 0.05) is 5.02 Å². The van der Waals surface area contributed by atoms with Crippen LogP contribution in [0.3, 0.4) is 0 Å². The zero-order chi connectivity index (χ0) is 10.6. The summed E-state index contributed by atoms with van der Waals surface area (Å²) >= 11 is 5.66. The fraction of sp³-hybridized carbons (Fsp3) is 0.200. The second-order valence-electron chi connectivity index (χ2n) is 2.92. The molecule has 0 N–H and O–H groups in total. The van der Waals surface area contributed by atoms with Crippen LogP contribution in [0.15, 0.2) is 29.4 Å². The van der Waals surface area contributed by atoms with E-state index in [0.717, 1.165) is 0 Å². The van der Waals surface area contributed by atoms with Gasteiger partial charge in [0.15, 0.2) is 0 Å². The summed E-state index contributed by atoms with van der Waals surface area (Å²) in [4.78, 5) is 15.9. The van der Waals surface area contributed by atoms with Gasteiger partial charge in [0.2, 0.25) is 0 Å². The standard InChI is InChI=1S/C10H10ClNO2/c1-7(2)12-14-10(13)8-3-5-9(11)6-4-8/h3-6H,1-2H3. The first kappa shape index (κ1) is 10.7. The molecule has 0 aliphatic heterocycles. The minimum atomic E-state index is -0.483. The molecule has 0 radical (unpaired) electrons. The molecule has 1 rings (SSSR count). The number of rotatable bonds is 2. The number of benzene rings is 1. The highest BCUT2D eigenvalue weighted by molar-refractivity contribution is 6.30. The molecule has 0 bridgehead atoms. The van der Waals surface area contributed by atoms with Crippen LogP contribution in [-0.2, 0) is 4.84 Å². The van der Waals surface area contributed by atoms with Gasteiger partial charge < -0.3 is 4.84 Å². The van der Waals surface area contributed by atoms with Crippen LogP contribution in [0.4, 0.5) is 0 Å². The lowest BCUT2D eigenvalue weighted by atomic mass is 10.2. The molecule has 0 aliphatic rings. The lowest BCUT2D eigenvalue weighted by Crippen LogP contribution is -2.01. The summed E-state index contributed by atoms with van der Waals surface area (Å²) in [5, 5.41) is 4.14. The van der Waals surface area contributed by atoms with Crippen molar-refractivity contribution in [3.05, 3.63) is 34.9 Å². The molecule has 4 heteroatoms. The van der Waals surface area contributed by atoms with E-state index in [2.05, 4.69) is 9.99 Å². The minimum Gasteiger partial charge on any atom is -0.313 e. The Morgan fingerprint density at radius 1 is 1.29 bits per heavy atom. The van der Waals surface area contributed by atoms with Gasteiger partial charge in [0.25, 0.3) is 0 Å². The molecule has 1 aromatic rings. The lowest BCUT2D eigenvalue weighted by molar-refractivity contribution is 0.0516. The average molecular weight is 212 g/mol. The van der Waals surface area contributed by atoms with E-state index in [-0.39, 0.29) is 0 Å². The summed E-state index contributed by atoms with van der Waals surface area (Å²) in [5.74, 6) is -0.483. The van der Waals surface area contributed by atoms with Crippen LogP contribution in [0.1, 0.15) is 24.2 Å². The largest absolute Gasteiger partial charge is 0.365 e. The first-order valence-corrected chi connectivity index (χ1v) is 4.45. The summed E-state index contributed by atoms with van der Waals surface area (Å²) < 4.78 is 0. The molecule has 14 heavy (non-hydrogen) atoms. The third-order valence-electron chi connectivity index (χ3n) is 1.39. The summed E-state index contributed by atoms with van der Waals surface area (Å²) in [5.41, 5.74) is 1.12. The SMILES string of the molecule is CC(C)=NOC(=O)c1ccc(Cl)cc1. The van der Waals surface area contributed by atoms with Gasteiger partial charge in [-0.25, -0.2) is 4.79 Å². The molecule has 0 saturated carbocycles. The molecule has 0 amide bonds. The Morgan fingerprint density at radius 3 is 2.36 bits per heavy atom. The summed E-state index contributed by atoms with van der Waals surface area (Å²) in [6.07, 6.45) is 0. The highest BCUT2D eigenvalue weighted by Gasteiger charge is 2.05. The Hall–Kier alpha value is -1.35. The van der Waals surface area contributed by atoms with Crippen molar-refractivity contribution in [2.45, 2.75) is 13.8 Å². The van der Waals surface area contributed by atoms with Gasteiger partial charge in [-0.2, -0.15) is 0 Å². The normalized spacial score (nSPS) is 9.36. The van der Waals surface area contributed by atoms with Crippen LogP contribution in [0.5, 0.6) is 0 Å². The number of carbonyl (C=O) groups excluding carboxylic acids is 1. The van der Waals surface area contributed by atoms with Crippen molar-refractivity contribution in [2.75, 3.05) is 0 Å². The van der Waals surface area contributed by atoms with Gasteiger partial charge >= 0.3 is 5.97 Å². The fourth-order valence-electron chi connectivity index (χ4n) is 0.771. The maximum absolute atomic E-state index is 11.3. The zero-order valence-electron chi connectivity index (χ0n) is 7.95. The van der Waals surface area contributed by atoms with Gasteiger partial charge in [-0.15, -0.1) is 0 Å². The first-order valence-electron chi connectivity index (χ1n) is 4.07. The molecule has 74 valence electrons. The van der Waals surface area contributed by atoms with Crippen LogP contribution in [0.25, 0.3) is 0 Å². The molecular weight excluding hydrogens is 202 g/mol. The van der Waals surface area contributed by atoms with Crippen molar-refractivity contribution in [2.24, 2.45) is 5.16 Å². The number of hydrogen-bond donors (Lipinski definition) is 0. The quantitative estimate of drug-likeness (QED) is 0.429. The summed E-state index contributed by atoms with van der Waals surface area (Å²) in [6.45, 7) is 3.49. The van der Waals surface area contributed by atoms with E-state index in [1.807, 2.05) is 0 Å². The van der Waals surface area contributed by atoms with E-state index >= 15 is 0 Å². The molecule has 0 aliphatic carbocycles. The topological polar surface area (TPSA) is 38.7 Å². The smallest absolute Gasteiger partial charge is 0.313 e. The minimum absolute atomic E-state index is 0.430. The summed E-state index contributed by atoms with van der Waals surface area (Å²) in [7, 11) is 0. The maximum Gasteiger partial charge on any atom is 0.365 e. The molecule has 3 nitrogen and oxygen atoms in total. The van der Waals surface area contributed by atoms with Crippen molar-refractivity contribution in [1.29, 1.82) is 0 Å². The highest BCUT2D eigenvalue weighted by Crippen LogP contribution is 2.10.